The van der Waals surface area contributed by atoms with Crippen molar-refractivity contribution < 1.29 is 23.9 Å². The van der Waals surface area contributed by atoms with Crippen molar-refractivity contribution in [2.45, 2.75) is 95.2 Å². The summed E-state index contributed by atoms with van der Waals surface area (Å²) in [5, 5.41) is 9.03. The third-order valence-corrected chi connectivity index (χ3v) is 11.0. The average molecular weight is 694 g/mol. The van der Waals surface area contributed by atoms with Gasteiger partial charge in [0.25, 0.3) is 0 Å². The number of nitrogens with zero attached hydrogens (tertiary/aromatic N) is 1. The fourth-order valence-electron chi connectivity index (χ4n) is 7.84. The summed E-state index contributed by atoms with van der Waals surface area (Å²) < 4.78 is 6.15. The minimum Gasteiger partial charge on any atom is -0.494 e. The van der Waals surface area contributed by atoms with Gasteiger partial charge in [0.05, 0.1) is 18.4 Å². The molecule has 51 heavy (non-hydrogen) atoms. The molecule has 0 aromatic heterocycles. The topological polar surface area (TPSA) is 143 Å². The van der Waals surface area contributed by atoms with Crippen LogP contribution in [0, 0.1) is 12.8 Å². The Morgan fingerprint density at radius 2 is 1.73 bits per heavy atom. The molecule has 0 radical (unpaired) electrons. The lowest BCUT2D eigenvalue weighted by Gasteiger charge is -2.35. The zero-order chi connectivity index (χ0) is 35.8. The highest BCUT2D eigenvalue weighted by Gasteiger charge is 2.44. The minimum absolute atomic E-state index is 0.191. The van der Waals surface area contributed by atoms with E-state index in [2.05, 4.69) is 16.0 Å². The van der Waals surface area contributed by atoms with Gasteiger partial charge in [-0.3, -0.25) is 19.2 Å². The first-order valence-electron chi connectivity index (χ1n) is 18.5. The number of ether oxygens (including phenoxy) is 1. The van der Waals surface area contributed by atoms with Crippen LogP contribution in [0.2, 0.25) is 0 Å². The zero-order valence-corrected chi connectivity index (χ0v) is 29.6. The van der Waals surface area contributed by atoms with Gasteiger partial charge in [0, 0.05) is 25.3 Å². The molecule has 1 saturated heterocycles. The first kappa shape index (κ1) is 35.9. The van der Waals surface area contributed by atoms with Crippen molar-refractivity contribution in [1.29, 1.82) is 0 Å². The Morgan fingerprint density at radius 3 is 2.49 bits per heavy atom. The summed E-state index contributed by atoms with van der Waals surface area (Å²) in [5.74, 6) is -0.353. The minimum atomic E-state index is -1.16. The molecular weight excluding hydrogens is 642 g/mol. The molecule has 3 aliphatic rings. The SMILES string of the molecule is Cc1ccc2cc1CNC(=O)[C@H](CCc1ccccc1)NC(=O)[C@@H](NC(=O)C1(c3ccc(N)cc3)CCCC1)CC(=O)N1CCCC(CCO2)C1. The molecule has 0 spiro atoms. The number of benzene rings is 3. The van der Waals surface area contributed by atoms with Crippen molar-refractivity contribution in [3.05, 3.63) is 95.1 Å². The summed E-state index contributed by atoms with van der Waals surface area (Å²) in [6.45, 7) is 3.93. The van der Waals surface area contributed by atoms with E-state index in [0.717, 1.165) is 60.1 Å². The summed E-state index contributed by atoms with van der Waals surface area (Å²) in [5.41, 5.74) is 9.58. The largest absolute Gasteiger partial charge is 0.494 e. The number of carbonyl (C=O) groups excluding carboxylic acids is 4. The number of carbonyl (C=O) groups is 4. The second-order valence-corrected chi connectivity index (χ2v) is 14.5. The average Bonchev–Trinajstić information content (AvgIpc) is 3.65. The number of nitrogen functional groups attached to an aromatic ring is 1. The Labute approximate surface area is 300 Å². The number of nitrogens with one attached hydrogen (secondary N) is 3. The molecule has 3 aromatic rings. The monoisotopic (exact) mass is 693 g/mol. The summed E-state index contributed by atoms with van der Waals surface area (Å²) in [4.78, 5) is 58.3. The van der Waals surface area contributed by atoms with Crippen LogP contribution in [-0.2, 0) is 37.6 Å². The van der Waals surface area contributed by atoms with Crippen LogP contribution in [0.5, 0.6) is 5.75 Å². The summed E-state index contributed by atoms with van der Waals surface area (Å²) in [6, 6.07) is 21.0. The van der Waals surface area contributed by atoms with Crippen molar-refractivity contribution >= 4 is 29.3 Å². The van der Waals surface area contributed by atoms with E-state index in [1.54, 1.807) is 12.1 Å². The van der Waals surface area contributed by atoms with E-state index in [1.165, 1.54) is 0 Å². The van der Waals surface area contributed by atoms with Gasteiger partial charge in [-0.15, -0.1) is 0 Å². The molecule has 1 aliphatic carbocycles. The lowest BCUT2D eigenvalue weighted by Crippen LogP contribution is -2.57. The fraction of sp³-hybridized carbons (Fsp3) is 0.463. The first-order chi connectivity index (χ1) is 24.7. The molecule has 10 heteroatoms. The van der Waals surface area contributed by atoms with Crippen LogP contribution in [0.4, 0.5) is 5.69 Å². The number of hydrogen-bond acceptors (Lipinski definition) is 6. The highest BCUT2D eigenvalue weighted by atomic mass is 16.5. The molecule has 2 aliphatic heterocycles. The zero-order valence-electron chi connectivity index (χ0n) is 29.6. The lowest BCUT2D eigenvalue weighted by molar-refractivity contribution is -0.139. The fourth-order valence-corrected chi connectivity index (χ4v) is 7.84. The van der Waals surface area contributed by atoms with E-state index in [1.807, 2.05) is 72.5 Å². The van der Waals surface area contributed by atoms with E-state index < -0.39 is 23.4 Å². The maximum absolute atomic E-state index is 14.3. The predicted octanol–water partition coefficient (Wildman–Crippen LogP) is 4.72. The van der Waals surface area contributed by atoms with E-state index in [9.17, 15) is 19.2 Å². The molecule has 10 nitrogen and oxygen atoms in total. The van der Waals surface area contributed by atoms with Crippen LogP contribution >= 0.6 is 0 Å². The van der Waals surface area contributed by atoms with Crippen molar-refractivity contribution in [1.82, 2.24) is 20.9 Å². The quantitative estimate of drug-likeness (QED) is 0.276. The Hall–Kier alpha value is -4.86. The molecule has 5 N–H and O–H groups in total. The Morgan fingerprint density at radius 1 is 0.961 bits per heavy atom. The molecular formula is C41H51N5O5. The van der Waals surface area contributed by atoms with Gasteiger partial charge < -0.3 is 31.3 Å². The number of amides is 4. The highest BCUT2D eigenvalue weighted by molar-refractivity contribution is 5.97. The van der Waals surface area contributed by atoms with Gasteiger partial charge in [-0.2, -0.15) is 0 Å². The van der Waals surface area contributed by atoms with Crippen LogP contribution < -0.4 is 26.4 Å². The smallest absolute Gasteiger partial charge is 0.243 e. The van der Waals surface area contributed by atoms with Crippen LogP contribution in [0.15, 0.2) is 72.8 Å². The van der Waals surface area contributed by atoms with Crippen molar-refractivity contribution in [2.75, 3.05) is 25.4 Å². The van der Waals surface area contributed by atoms with Gasteiger partial charge in [0.2, 0.25) is 23.6 Å². The predicted molar refractivity (Wildman–Crippen MR) is 197 cm³/mol. The molecule has 2 heterocycles. The molecule has 1 unspecified atom stereocenters. The van der Waals surface area contributed by atoms with Gasteiger partial charge in [-0.1, -0.05) is 61.4 Å². The maximum Gasteiger partial charge on any atom is 0.243 e. The molecule has 6 rings (SSSR count). The van der Waals surface area contributed by atoms with Gasteiger partial charge >= 0.3 is 0 Å². The molecule has 270 valence electrons. The summed E-state index contributed by atoms with van der Waals surface area (Å²) in [7, 11) is 0. The molecule has 1 saturated carbocycles. The number of fused-ring (bicyclic) bond motifs is 4. The van der Waals surface area contributed by atoms with E-state index in [4.69, 9.17) is 10.5 Å². The number of hydrogen-bond donors (Lipinski definition) is 4. The molecule has 4 amide bonds. The number of piperidine rings is 1. The second kappa shape index (κ2) is 16.4. The van der Waals surface area contributed by atoms with Crippen LogP contribution in [0.1, 0.15) is 80.0 Å². The first-order valence-corrected chi connectivity index (χ1v) is 18.5. The third kappa shape index (κ3) is 8.90. The Kier molecular flexibility index (Phi) is 11.6. The van der Waals surface area contributed by atoms with Crippen molar-refractivity contribution in [3.63, 3.8) is 0 Å². The molecule has 3 atom stereocenters. The van der Waals surface area contributed by atoms with Gasteiger partial charge in [0.15, 0.2) is 0 Å². The van der Waals surface area contributed by atoms with E-state index in [0.29, 0.717) is 51.1 Å². The number of anilines is 1. The van der Waals surface area contributed by atoms with Crippen LogP contribution in [0.25, 0.3) is 0 Å². The van der Waals surface area contributed by atoms with Gasteiger partial charge in [-0.05, 0) is 104 Å². The number of nitrogens with two attached hydrogens (primary N) is 1. The van der Waals surface area contributed by atoms with E-state index >= 15 is 0 Å². The lowest BCUT2D eigenvalue weighted by atomic mass is 9.77. The third-order valence-electron chi connectivity index (χ3n) is 11.0. The van der Waals surface area contributed by atoms with Crippen molar-refractivity contribution in [2.24, 2.45) is 5.92 Å². The number of rotatable bonds is 6. The van der Waals surface area contributed by atoms with Crippen molar-refractivity contribution in [3.8, 4) is 5.75 Å². The Balaban J connectivity index is 1.30. The van der Waals surface area contributed by atoms with Gasteiger partial charge in [-0.25, -0.2) is 0 Å². The highest BCUT2D eigenvalue weighted by Crippen LogP contribution is 2.42. The molecule has 2 fully saturated rings. The standard InChI is InChI=1S/C41H51N5O5/c1-28-11-17-34-24-31(28)26-43-38(48)35(18-12-29-8-3-2-4-9-29)44-39(49)36(25-37(47)46-22-7-10-30(27-46)19-23-51-34)45-40(50)41(20-5-6-21-41)32-13-15-33(42)16-14-32/h2-4,8-9,11,13-17,24,30,35-36H,5-7,10,12,18-23,25-27,42H2,1H3,(H,43,48)(H,44,49)(H,45,50)/t30?,35-,36-/m0/s1. The van der Waals surface area contributed by atoms with E-state index in [-0.39, 0.29) is 36.6 Å². The van der Waals surface area contributed by atoms with Crippen LogP contribution in [0.3, 0.4) is 0 Å². The number of aryl methyl sites for hydroxylation is 2. The summed E-state index contributed by atoms with van der Waals surface area (Å²) in [6.07, 6.45) is 6.32. The Bertz CT molecular complexity index is 1690. The van der Waals surface area contributed by atoms with Gasteiger partial charge in [0.1, 0.15) is 17.8 Å². The normalized spacial score (nSPS) is 22.9. The van der Waals surface area contributed by atoms with Crippen LogP contribution in [-0.4, -0.2) is 60.3 Å². The second-order valence-electron chi connectivity index (χ2n) is 14.5. The molecule has 4 bridgehead atoms. The molecule has 3 aromatic carbocycles. The maximum atomic E-state index is 14.3. The summed E-state index contributed by atoms with van der Waals surface area (Å²) >= 11 is 0.